The van der Waals surface area contributed by atoms with E-state index in [0.717, 1.165) is 15.8 Å². The molecule has 0 aliphatic carbocycles. The van der Waals surface area contributed by atoms with Crippen LogP contribution in [0.5, 0.6) is 0 Å². The molecule has 1 saturated heterocycles. The maximum Gasteiger partial charge on any atom is 0.249 e. The van der Waals surface area contributed by atoms with Gasteiger partial charge in [-0.1, -0.05) is 0 Å². The number of hydrogen-bond donors (Lipinski definition) is 1. The normalized spacial score (nSPS) is 22.8. The van der Waals surface area contributed by atoms with Crippen LogP contribution in [0.4, 0.5) is 10.8 Å². The second-order valence-corrected chi connectivity index (χ2v) is 8.90. The summed E-state index contributed by atoms with van der Waals surface area (Å²) in [5.41, 5.74) is 5.46. The van der Waals surface area contributed by atoms with Crippen molar-refractivity contribution in [2.75, 3.05) is 37.8 Å². The van der Waals surface area contributed by atoms with Crippen molar-refractivity contribution < 1.29 is 13.2 Å². The molecule has 7 nitrogen and oxygen atoms in total. The van der Waals surface area contributed by atoms with Crippen molar-refractivity contribution in [2.45, 2.75) is 37.4 Å². The third-order valence-corrected chi connectivity index (χ3v) is 6.18. The summed E-state index contributed by atoms with van der Waals surface area (Å²) in [5.74, 6) is 0.0562. The van der Waals surface area contributed by atoms with E-state index in [1.54, 1.807) is 0 Å². The Morgan fingerprint density at radius 1 is 1.48 bits per heavy atom. The number of anilines is 2. The van der Waals surface area contributed by atoms with E-state index >= 15 is 0 Å². The lowest BCUT2D eigenvalue weighted by Crippen LogP contribution is -2.52. The summed E-state index contributed by atoms with van der Waals surface area (Å²) in [4.78, 5) is 2.10. The summed E-state index contributed by atoms with van der Waals surface area (Å²) < 4.78 is 36.0. The van der Waals surface area contributed by atoms with Gasteiger partial charge in [-0.2, -0.15) is 4.37 Å². The van der Waals surface area contributed by atoms with Gasteiger partial charge < -0.3 is 15.4 Å². The fraction of sp³-hybridized carbons (Fsp3) is 0.750. The molecular weight excluding hydrogens is 312 g/mol. The monoisotopic (exact) mass is 334 g/mol. The largest absolute Gasteiger partial charge is 0.382 e. The fourth-order valence-corrected chi connectivity index (χ4v) is 4.75. The van der Waals surface area contributed by atoms with Gasteiger partial charge in [-0.25, -0.2) is 12.7 Å². The standard InChI is InChI=1S/C12H22N4O3S2/c1-8-6-16(7-12(2,3)19-8)11-9(10(13)14-20-11)21(17,18)15(4)5/h8H,6-7H2,1-5H3,(H2,13,14). The van der Waals surface area contributed by atoms with Crippen molar-refractivity contribution in [2.24, 2.45) is 0 Å². The minimum Gasteiger partial charge on any atom is -0.382 e. The van der Waals surface area contributed by atoms with Crippen LogP contribution < -0.4 is 10.6 Å². The first kappa shape index (κ1) is 16.5. The number of morpholine rings is 1. The average molecular weight is 334 g/mol. The maximum atomic E-state index is 12.5. The van der Waals surface area contributed by atoms with Gasteiger partial charge >= 0.3 is 0 Å². The number of sulfonamides is 1. The summed E-state index contributed by atoms with van der Waals surface area (Å²) >= 11 is 1.12. The molecule has 1 atom stereocenters. The molecule has 2 heterocycles. The van der Waals surface area contributed by atoms with E-state index in [1.165, 1.54) is 14.1 Å². The van der Waals surface area contributed by atoms with Crippen LogP contribution in [0.3, 0.4) is 0 Å². The topological polar surface area (TPSA) is 88.8 Å². The van der Waals surface area contributed by atoms with E-state index in [1.807, 2.05) is 25.7 Å². The minimum absolute atomic E-state index is 0.00647. The molecule has 21 heavy (non-hydrogen) atoms. The van der Waals surface area contributed by atoms with Crippen LogP contribution in [-0.4, -0.2) is 56.0 Å². The van der Waals surface area contributed by atoms with Crippen LogP contribution in [0.15, 0.2) is 4.90 Å². The Morgan fingerprint density at radius 2 is 2.10 bits per heavy atom. The van der Waals surface area contributed by atoms with E-state index in [0.29, 0.717) is 18.1 Å². The molecular formula is C12H22N4O3S2. The Bertz CT molecular complexity index is 624. The number of hydrogen-bond acceptors (Lipinski definition) is 7. The number of nitrogen functional groups attached to an aromatic ring is 1. The quantitative estimate of drug-likeness (QED) is 0.886. The molecule has 1 fully saturated rings. The third kappa shape index (κ3) is 3.15. The number of rotatable bonds is 3. The molecule has 2 rings (SSSR count). The lowest BCUT2D eigenvalue weighted by molar-refractivity contribution is -0.0749. The van der Waals surface area contributed by atoms with Crippen LogP contribution in [0, 0.1) is 0 Å². The number of aromatic nitrogens is 1. The zero-order chi connectivity index (χ0) is 16.0. The van der Waals surface area contributed by atoms with Gasteiger partial charge in [-0.3, -0.25) is 0 Å². The summed E-state index contributed by atoms with van der Waals surface area (Å²) in [6.07, 6.45) is 0.00647. The first-order valence-electron chi connectivity index (χ1n) is 6.65. The van der Waals surface area contributed by atoms with E-state index in [4.69, 9.17) is 10.5 Å². The third-order valence-electron chi connectivity index (χ3n) is 3.25. The molecule has 0 saturated carbocycles. The van der Waals surface area contributed by atoms with E-state index < -0.39 is 10.0 Å². The number of nitrogens with zero attached hydrogens (tertiary/aromatic N) is 3. The van der Waals surface area contributed by atoms with Gasteiger partial charge in [0.2, 0.25) is 10.0 Å². The van der Waals surface area contributed by atoms with Crippen molar-refractivity contribution in [1.82, 2.24) is 8.68 Å². The first-order chi connectivity index (χ1) is 9.54. The van der Waals surface area contributed by atoms with Gasteiger partial charge in [0.1, 0.15) is 5.00 Å². The van der Waals surface area contributed by atoms with Gasteiger partial charge in [0.25, 0.3) is 0 Å². The van der Waals surface area contributed by atoms with E-state index in [2.05, 4.69) is 4.37 Å². The molecule has 1 unspecified atom stereocenters. The molecule has 0 spiro atoms. The predicted octanol–water partition coefficient (Wildman–Crippen LogP) is 0.979. The smallest absolute Gasteiger partial charge is 0.249 e. The SMILES string of the molecule is CC1CN(c2snc(N)c2S(=O)(=O)N(C)C)CC(C)(C)O1. The Balaban J connectivity index is 2.47. The van der Waals surface area contributed by atoms with Crippen molar-refractivity contribution in [3.63, 3.8) is 0 Å². The Hall–Kier alpha value is -0.900. The van der Waals surface area contributed by atoms with Gasteiger partial charge in [0.05, 0.1) is 11.7 Å². The Labute approximate surface area is 129 Å². The highest BCUT2D eigenvalue weighted by molar-refractivity contribution is 7.89. The Morgan fingerprint density at radius 3 is 2.62 bits per heavy atom. The molecule has 1 aliphatic heterocycles. The predicted molar refractivity (Wildman–Crippen MR) is 84.2 cm³/mol. The average Bonchev–Trinajstić information content (AvgIpc) is 2.68. The molecule has 9 heteroatoms. The number of ether oxygens (including phenoxy) is 1. The molecule has 0 radical (unpaired) electrons. The highest BCUT2D eigenvalue weighted by Crippen LogP contribution is 2.38. The second kappa shape index (κ2) is 5.38. The molecule has 0 aromatic carbocycles. The Kier molecular flexibility index (Phi) is 4.22. The van der Waals surface area contributed by atoms with Crippen molar-refractivity contribution in [3.8, 4) is 0 Å². The molecule has 120 valence electrons. The van der Waals surface area contributed by atoms with Gasteiger partial charge in [-0.05, 0) is 32.3 Å². The highest BCUT2D eigenvalue weighted by atomic mass is 32.2. The first-order valence-corrected chi connectivity index (χ1v) is 8.86. The summed E-state index contributed by atoms with van der Waals surface area (Å²) in [6.45, 7) is 7.15. The second-order valence-electron chi connectivity index (χ2n) is 6.06. The summed E-state index contributed by atoms with van der Waals surface area (Å²) in [5, 5.41) is 0.587. The molecule has 0 bridgehead atoms. The fourth-order valence-electron chi connectivity index (χ4n) is 2.52. The van der Waals surface area contributed by atoms with Crippen molar-refractivity contribution >= 4 is 32.4 Å². The minimum atomic E-state index is -3.63. The maximum absolute atomic E-state index is 12.5. The zero-order valence-corrected chi connectivity index (χ0v) is 14.6. The lowest BCUT2D eigenvalue weighted by Gasteiger charge is -2.42. The zero-order valence-electron chi connectivity index (χ0n) is 13.0. The molecule has 1 aliphatic rings. The van der Waals surface area contributed by atoms with Gasteiger partial charge in [0, 0.05) is 27.2 Å². The van der Waals surface area contributed by atoms with Gasteiger partial charge in [-0.15, -0.1) is 0 Å². The molecule has 1 aromatic heterocycles. The van der Waals surface area contributed by atoms with Gasteiger partial charge in [0.15, 0.2) is 10.7 Å². The van der Waals surface area contributed by atoms with E-state index in [-0.39, 0.29) is 22.4 Å². The van der Waals surface area contributed by atoms with Crippen LogP contribution in [0.1, 0.15) is 20.8 Å². The summed E-state index contributed by atoms with van der Waals surface area (Å²) in [6, 6.07) is 0. The molecule has 2 N–H and O–H groups in total. The number of nitrogens with two attached hydrogens (primary N) is 1. The van der Waals surface area contributed by atoms with Crippen LogP contribution in [0.2, 0.25) is 0 Å². The molecule has 0 amide bonds. The van der Waals surface area contributed by atoms with Crippen molar-refractivity contribution in [1.29, 1.82) is 0 Å². The molecule has 1 aromatic rings. The highest BCUT2D eigenvalue weighted by Gasteiger charge is 2.36. The van der Waals surface area contributed by atoms with Crippen molar-refractivity contribution in [3.05, 3.63) is 0 Å². The summed E-state index contributed by atoms with van der Waals surface area (Å²) in [7, 11) is -0.649. The van der Waals surface area contributed by atoms with Crippen LogP contribution in [-0.2, 0) is 14.8 Å². The lowest BCUT2D eigenvalue weighted by atomic mass is 10.1. The van der Waals surface area contributed by atoms with E-state index in [9.17, 15) is 8.42 Å². The van der Waals surface area contributed by atoms with Crippen LogP contribution in [0.25, 0.3) is 0 Å². The van der Waals surface area contributed by atoms with Crippen LogP contribution >= 0.6 is 11.5 Å².